The second-order valence-electron chi connectivity index (χ2n) is 6.71. The second-order valence-corrected chi connectivity index (χ2v) is 7.57. The summed E-state index contributed by atoms with van der Waals surface area (Å²) in [6, 6.07) is 0. The van der Waals surface area contributed by atoms with Gasteiger partial charge >= 0.3 is 5.97 Å². The van der Waals surface area contributed by atoms with Crippen LogP contribution in [0.15, 0.2) is 21.7 Å². The van der Waals surface area contributed by atoms with E-state index in [0.29, 0.717) is 13.0 Å². The standard InChI is InChI=1S/C19H30N2O3S/c1-4-5-6-7-8-9-10-24-19(23)17-14(2)12-21-15(11-16(22)20-3)13-25-18(17)21/h13-14H,4-12H2,1-3H3,(H,20,22). The molecule has 0 radical (unpaired) electrons. The number of carbonyl (C=O) groups excluding carboxylic acids is 2. The van der Waals surface area contributed by atoms with E-state index in [0.717, 1.165) is 35.7 Å². The number of nitrogens with one attached hydrogen (secondary N) is 1. The van der Waals surface area contributed by atoms with Gasteiger partial charge in [0.25, 0.3) is 0 Å². The first kappa shape index (κ1) is 19.9. The minimum Gasteiger partial charge on any atom is -0.462 e. The lowest BCUT2D eigenvalue weighted by Crippen LogP contribution is -2.24. The van der Waals surface area contributed by atoms with Crippen LogP contribution < -0.4 is 5.32 Å². The molecule has 0 aromatic heterocycles. The van der Waals surface area contributed by atoms with Crippen molar-refractivity contribution >= 4 is 23.6 Å². The third-order valence-corrected chi connectivity index (χ3v) is 5.70. The fourth-order valence-electron chi connectivity index (χ4n) is 3.17. The van der Waals surface area contributed by atoms with E-state index in [9.17, 15) is 9.59 Å². The molecular formula is C19H30N2O3S. The molecule has 2 aliphatic rings. The molecule has 6 heteroatoms. The van der Waals surface area contributed by atoms with Gasteiger partial charge in [-0.15, -0.1) is 0 Å². The molecule has 0 bridgehead atoms. The van der Waals surface area contributed by atoms with Crippen molar-refractivity contribution in [3.8, 4) is 0 Å². The van der Waals surface area contributed by atoms with Crippen LogP contribution in [0.2, 0.25) is 0 Å². The zero-order valence-electron chi connectivity index (χ0n) is 15.6. The van der Waals surface area contributed by atoms with E-state index in [4.69, 9.17) is 4.74 Å². The Morgan fingerprint density at radius 3 is 2.72 bits per heavy atom. The lowest BCUT2D eigenvalue weighted by Gasteiger charge is -2.18. The number of nitrogens with zero attached hydrogens (tertiary/aromatic N) is 1. The highest BCUT2D eigenvalue weighted by Gasteiger charge is 2.38. The molecule has 0 aliphatic carbocycles. The van der Waals surface area contributed by atoms with Crippen molar-refractivity contribution in [3.63, 3.8) is 0 Å². The summed E-state index contributed by atoms with van der Waals surface area (Å²) in [7, 11) is 1.64. The zero-order valence-corrected chi connectivity index (χ0v) is 16.4. The van der Waals surface area contributed by atoms with E-state index in [1.54, 1.807) is 7.05 Å². The first-order chi connectivity index (χ1) is 12.1. The molecule has 25 heavy (non-hydrogen) atoms. The summed E-state index contributed by atoms with van der Waals surface area (Å²) in [5.74, 6) is -0.0755. The van der Waals surface area contributed by atoms with Crippen LogP contribution in [0.1, 0.15) is 58.8 Å². The van der Waals surface area contributed by atoms with Crippen molar-refractivity contribution in [2.45, 2.75) is 58.8 Å². The molecular weight excluding hydrogens is 336 g/mol. The van der Waals surface area contributed by atoms with E-state index in [1.807, 2.05) is 12.3 Å². The molecule has 0 saturated heterocycles. The van der Waals surface area contributed by atoms with Gasteiger partial charge in [0.2, 0.25) is 5.91 Å². The van der Waals surface area contributed by atoms with Crippen LogP contribution in [0.4, 0.5) is 0 Å². The highest BCUT2D eigenvalue weighted by Crippen LogP contribution is 2.45. The molecule has 1 N–H and O–H groups in total. The zero-order chi connectivity index (χ0) is 18.2. The molecule has 2 heterocycles. The van der Waals surface area contributed by atoms with Crippen LogP contribution in [-0.4, -0.2) is 37.0 Å². The first-order valence-corrected chi connectivity index (χ1v) is 10.2. The third kappa shape index (κ3) is 5.27. The molecule has 1 unspecified atom stereocenters. The van der Waals surface area contributed by atoms with Gasteiger partial charge in [-0.2, -0.15) is 0 Å². The summed E-state index contributed by atoms with van der Waals surface area (Å²) in [5, 5.41) is 5.56. The minimum absolute atomic E-state index is 0.0140. The van der Waals surface area contributed by atoms with E-state index in [-0.39, 0.29) is 17.8 Å². The number of carbonyl (C=O) groups is 2. The van der Waals surface area contributed by atoms with E-state index in [2.05, 4.69) is 17.1 Å². The topological polar surface area (TPSA) is 58.6 Å². The predicted molar refractivity (Wildman–Crippen MR) is 102 cm³/mol. The van der Waals surface area contributed by atoms with Gasteiger partial charge in [-0.25, -0.2) is 4.79 Å². The fraction of sp³-hybridized carbons (Fsp3) is 0.684. The highest BCUT2D eigenvalue weighted by atomic mass is 32.2. The van der Waals surface area contributed by atoms with E-state index in [1.165, 1.54) is 37.4 Å². The monoisotopic (exact) mass is 366 g/mol. The molecule has 2 rings (SSSR count). The highest BCUT2D eigenvalue weighted by molar-refractivity contribution is 8.06. The maximum Gasteiger partial charge on any atom is 0.337 e. The Labute approximate surface area is 155 Å². The number of hydrogen-bond acceptors (Lipinski definition) is 5. The van der Waals surface area contributed by atoms with Crippen molar-refractivity contribution in [1.82, 2.24) is 10.2 Å². The molecule has 140 valence electrons. The Bertz CT molecular complexity index is 557. The quantitative estimate of drug-likeness (QED) is 0.471. The fourth-order valence-corrected chi connectivity index (χ4v) is 4.36. The molecule has 0 aromatic carbocycles. The van der Waals surface area contributed by atoms with Gasteiger partial charge in [0.05, 0.1) is 23.6 Å². The number of fused-ring (bicyclic) bond motifs is 1. The first-order valence-electron chi connectivity index (χ1n) is 9.33. The number of hydrogen-bond donors (Lipinski definition) is 1. The van der Waals surface area contributed by atoms with Gasteiger partial charge in [0.15, 0.2) is 0 Å². The number of amides is 1. The number of unbranched alkanes of at least 4 members (excludes halogenated alkanes) is 5. The average molecular weight is 367 g/mol. The molecule has 1 atom stereocenters. The Balaban J connectivity index is 1.82. The van der Waals surface area contributed by atoms with Crippen LogP contribution in [-0.2, 0) is 14.3 Å². The second kappa shape index (κ2) is 9.90. The summed E-state index contributed by atoms with van der Waals surface area (Å²) in [4.78, 5) is 26.2. The van der Waals surface area contributed by atoms with E-state index >= 15 is 0 Å². The molecule has 5 nitrogen and oxygen atoms in total. The largest absolute Gasteiger partial charge is 0.462 e. The number of esters is 1. The molecule has 0 aromatic rings. The molecule has 1 amide bonds. The lowest BCUT2D eigenvalue weighted by atomic mass is 10.1. The van der Waals surface area contributed by atoms with Gasteiger partial charge in [-0.1, -0.05) is 57.7 Å². The van der Waals surface area contributed by atoms with Crippen molar-refractivity contribution in [1.29, 1.82) is 0 Å². The molecule has 0 spiro atoms. The van der Waals surface area contributed by atoms with Gasteiger partial charge in [0, 0.05) is 25.2 Å². The van der Waals surface area contributed by atoms with Gasteiger partial charge < -0.3 is 15.0 Å². The normalized spacial score (nSPS) is 19.1. The summed E-state index contributed by atoms with van der Waals surface area (Å²) in [5.41, 5.74) is 1.73. The van der Waals surface area contributed by atoms with Gasteiger partial charge in [-0.05, 0) is 11.8 Å². The molecule has 0 saturated carbocycles. The summed E-state index contributed by atoms with van der Waals surface area (Å²) < 4.78 is 5.51. The Morgan fingerprint density at radius 2 is 2.00 bits per heavy atom. The van der Waals surface area contributed by atoms with Crippen LogP contribution >= 0.6 is 11.8 Å². The Hall–Kier alpha value is -1.43. The van der Waals surface area contributed by atoms with Crippen LogP contribution in [0.25, 0.3) is 0 Å². The maximum absolute atomic E-state index is 12.5. The average Bonchev–Trinajstić information content (AvgIpc) is 3.12. The predicted octanol–water partition coefficient (Wildman–Crippen LogP) is 3.78. The van der Waals surface area contributed by atoms with Gasteiger partial charge in [0.1, 0.15) is 0 Å². The number of thioether (sulfide) groups is 1. The SMILES string of the molecule is CCCCCCCCOC(=O)C1=C2SC=C(CC(=O)NC)N2CC1C. The van der Waals surface area contributed by atoms with Crippen molar-refractivity contribution in [3.05, 3.63) is 21.7 Å². The van der Waals surface area contributed by atoms with Crippen LogP contribution in [0.5, 0.6) is 0 Å². The molecule has 0 fully saturated rings. The number of rotatable bonds is 10. The van der Waals surface area contributed by atoms with Crippen LogP contribution in [0.3, 0.4) is 0 Å². The summed E-state index contributed by atoms with van der Waals surface area (Å²) >= 11 is 1.53. The van der Waals surface area contributed by atoms with Crippen molar-refractivity contribution in [2.24, 2.45) is 5.92 Å². The number of ether oxygens (including phenoxy) is 1. The van der Waals surface area contributed by atoms with Crippen molar-refractivity contribution in [2.75, 3.05) is 20.2 Å². The lowest BCUT2D eigenvalue weighted by molar-refractivity contribution is -0.139. The summed E-state index contributed by atoms with van der Waals surface area (Å²) in [6.07, 6.45) is 7.41. The van der Waals surface area contributed by atoms with Crippen LogP contribution in [0, 0.1) is 5.92 Å². The van der Waals surface area contributed by atoms with Gasteiger partial charge in [-0.3, -0.25) is 4.79 Å². The minimum atomic E-state index is -0.194. The third-order valence-electron chi connectivity index (χ3n) is 4.65. The van der Waals surface area contributed by atoms with E-state index < -0.39 is 0 Å². The maximum atomic E-state index is 12.5. The smallest absolute Gasteiger partial charge is 0.337 e. The summed E-state index contributed by atoms with van der Waals surface area (Å²) in [6.45, 7) is 5.49. The van der Waals surface area contributed by atoms with Crippen molar-refractivity contribution < 1.29 is 14.3 Å². The molecule has 2 aliphatic heterocycles. The Morgan fingerprint density at radius 1 is 1.28 bits per heavy atom. The Kier molecular flexibility index (Phi) is 7.88.